The second kappa shape index (κ2) is 5.70. The van der Waals surface area contributed by atoms with Crippen LogP contribution in [0.1, 0.15) is 5.89 Å². The molecular weight excluding hydrogens is 276 g/mol. The normalized spacial score (nSPS) is 10.6. The fourth-order valence-corrected chi connectivity index (χ4v) is 1.83. The zero-order valence-corrected chi connectivity index (χ0v) is 10.9. The van der Waals surface area contributed by atoms with Gasteiger partial charge in [-0.1, -0.05) is 24.3 Å². The maximum Gasteiger partial charge on any atom is 0.247 e. The lowest BCUT2D eigenvalue weighted by Crippen LogP contribution is -2.02. The number of anilines is 1. The summed E-state index contributed by atoms with van der Waals surface area (Å²) in [5, 5.41) is 10.5. The Labute approximate surface area is 119 Å². The van der Waals surface area contributed by atoms with E-state index in [1.807, 2.05) is 30.3 Å². The largest absolute Gasteiger partial charge is 0.419 e. The molecule has 0 spiro atoms. The molecule has 0 amide bonds. The van der Waals surface area contributed by atoms with Crippen molar-refractivity contribution in [3.8, 4) is 11.5 Å². The van der Waals surface area contributed by atoms with Crippen LogP contribution in [-0.2, 0) is 6.54 Å². The number of halogens is 2. The molecule has 0 aliphatic rings. The standard InChI is InChI=1S/C15H11F2N3O/c16-11-7-4-8-12(14(11)17)18-9-13-19-20-15(21-13)10-5-2-1-3-6-10/h1-8,18H,9H2. The average Bonchev–Trinajstić information content (AvgIpc) is 2.99. The second-order valence-corrected chi connectivity index (χ2v) is 4.32. The van der Waals surface area contributed by atoms with Gasteiger partial charge in [-0.15, -0.1) is 10.2 Å². The molecule has 4 nitrogen and oxygen atoms in total. The third-order valence-electron chi connectivity index (χ3n) is 2.87. The lowest BCUT2D eigenvalue weighted by molar-refractivity contribution is 0.503. The minimum Gasteiger partial charge on any atom is -0.419 e. The Hall–Kier alpha value is -2.76. The van der Waals surface area contributed by atoms with Gasteiger partial charge in [0.15, 0.2) is 11.6 Å². The van der Waals surface area contributed by atoms with Crippen LogP contribution in [0.15, 0.2) is 52.9 Å². The molecule has 3 rings (SSSR count). The maximum atomic E-state index is 13.5. The molecule has 3 aromatic rings. The second-order valence-electron chi connectivity index (χ2n) is 4.32. The van der Waals surface area contributed by atoms with Crippen molar-refractivity contribution >= 4 is 5.69 Å². The van der Waals surface area contributed by atoms with E-state index in [0.29, 0.717) is 5.89 Å². The third-order valence-corrected chi connectivity index (χ3v) is 2.87. The molecule has 0 bridgehead atoms. The maximum absolute atomic E-state index is 13.5. The van der Waals surface area contributed by atoms with Crippen LogP contribution in [0.4, 0.5) is 14.5 Å². The van der Waals surface area contributed by atoms with Crippen LogP contribution in [0.25, 0.3) is 11.5 Å². The van der Waals surface area contributed by atoms with Crippen molar-refractivity contribution in [2.24, 2.45) is 0 Å². The number of aromatic nitrogens is 2. The first-order valence-electron chi connectivity index (χ1n) is 6.30. The van der Waals surface area contributed by atoms with Crippen LogP contribution in [0.3, 0.4) is 0 Å². The fourth-order valence-electron chi connectivity index (χ4n) is 1.83. The average molecular weight is 287 g/mol. The van der Waals surface area contributed by atoms with Gasteiger partial charge in [0.1, 0.15) is 0 Å². The SMILES string of the molecule is Fc1cccc(NCc2nnc(-c3ccccc3)o2)c1F. The van der Waals surface area contributed by atoms with Gasteiger partial charge in [-0.25, -0.2) is 8.78 Å². The van der Waals surface area contributed by atoms with E-state index in [2.05, 4.69) is 15.5 Å². The molecule has 0 fully saturated rings. The van der Waals surface area contributed by atoms with Gasteiger partial charge in [-0.05, 0) is 24.3 Å². The molecule has 6 heteroatoms. The molecule has 106 valence electrons. The minimum absolute atomic E-state index is 0.0504. The fraction of sp³-hybridized carbons (Fsp3) is 0.0667. The van der Waals surface area contributed by atoms with Crippen LogP contribution in [0.5, 0.6) is 0 Å². The predicted octanol–water partition coefficient (Wildman–Crippen LogP) is 3.63. The summed E-state index contributed by atoms with van der Waals surface area (Å²) in [6, 6.07) is 13.2. The first-order chi connectivity index (χ1) is 10.2. The molecular formula is C15H11F2N3O. The molecule has 1 aromatic heterocycles. The Balaban J connectivity index is 1.72. The van der Waals surface area contributed by atoms with Crippen molar-refractivity contribution in [3.63, 3.8) is 0 Å². The molecule has 0 radical (unpaired) electrons. The molecule has 0 unspecified atom stereocenters. The number of rotatable bonds is 4. The van der Waals surface area contributed by atoms with Crippen molar-refractivity contribution in [3.05, 3.63) is 66.1 Å². The Morgan fingerprint density at radius 3 is 2.57 bits per heavy atom. The van der Waals surface area contributed by atoms with Crippen molar-refractivity contribution in [2.75, 3.05) is 5.32 Å². The monoisotopic (exact) mass is 287 g/mol. The van der Waals surface area contributed by atoms with Gasteiger partial charge in [-0.3, -0.25) is 0 Å². The van der Waals surface area contributed by atoms with Gasteiger partial charge in [0.05, 0.1) is 12.2 Å². The summed E-state index contributed by atoms with van der Waals surface area (Å²) in [5.74, 6) is -1.17. The van der Waals surface area contributed by atoms with Gasteiger partial charge in [0.25, 0.3) is 0 Å². The summed E-state index contributed by atoms with van der Waals surface area (Å²) >= 11 is 0. The van der Waals surface area contributed by atoms with Gasteiger partial charge < -0.3 is 9.73 Å². The van der Waals surface area contributed by atoms with E-state index in [1.54, 1.807) is 0 Å². The lowest BCUT2D eigenvalue weighted by atomic mass is 10.2. The van der Waals surface area contributed by atoms with Crippen molar-refractivity contribution in [1.29, 1.82) is 0 Å². The van der Waals surface area contributed by atoms with Crippen LogP contribution in [-0.4, -0.2) is 10.2 Å². The molecule has 2 aromatic carbocycles. The summed E-state index contributed by atoms with van der Waals surface area (Å²) in [5.41, 5.74) is 0.850. The lowest BCUT2D eigenvalue weighted by Gasteiger charge is -2.04. The molecule has 0 aliphatic heterocycles. The molecule has 0 saturated heterocycles. The van der Waals surface area contributed by atoms with Crippen molar-refractivity contribution in [1.82, 2.24) is 10.2 Å². The molecule has 21 heavy (non-hydrogen) atoms. The number of nitrogens with one attached hydrogen (secondary N) is 1. The van der Waals surface area contributed by atoms with Crippen molar-refractivity contribution in [2.45, 2.75) is 6.54 Å². The Bertz CT molecular complexity index is 744. The first kappa shape index (κ1) is 13.2. The molecule has 1 heterocycles. The predicted molar refractivity (Wildman–Crippen MR) is 73.4 cm³/mol. The number of nitrogens with zero attached hydrogens (tertiary/aromatic N) is 2. The highest BCUT2D eigenvalue weighted by atomic mass is 19.2. The molecule has 0 atom stereocenters. The summed E-state index contributed by atoms with van der Waals surface area (Å²) in [6.07, 6.45) is 0. The summed E-state index contributed by atoms with van der Waals surface area (Å²) < 4.78 is 32.0. The van der Waals surface area contributed by atoms with Crippen molar-refractivity contribution < 1.29 is 13.2 Å². The van der Waals surface area contributed by atoms with E-state index < -0.39 is 11.6 Å². The number of benzene rings is 2. The zero-order chi connectivity index (χ0) is 14.7. The third kappa shape index (κ3) is 2.89. The Morgan fingerprint density at radius 1 is 0.952 bits per heavy atom. The number of hydrogen-bond donors (Lipinski definition) is 1. The Kier molecular flexibility index (Phi) is 3.59. The topological polar surface area (TPSA) is 51.0 Å². The smallest absolute Gasteiger partial charge is 0.247 e. The molecule has 1 N–H and O–H groups in total. The van der Waals surface area contributed by atoms with E-state index >= 15 is 0 Å². The van der Waals surface area contributed by atoms with E-state index in [9.17, 15) is 8.78 Å². The summed E-state index contributed by atoms with van der Waals surface area (Å²) in [7, 11) is 0. The number of hydrogen-bond acceptors (Lipinski definition) is 4. The van der Waals surface area contributed by atoms with Gasteiger partial charge >= 0.3 is 0 Å². The highest BCUT2D eigenvalue weighted by molar-refractivity contribution is 5.52. The van der Waals surface area contributed by atoms with E-state index in [-0.39, 0.29) is 18.1 Å². The van der Waals surface area contributed by atoms with Crippen LogP contribution in [0, 0.1) is 11.6 Å². The highest BCUT2D eigenvalue weighted by Crippen LogP contribution is 2.19. The summed E-state index contributed by atoms with van der Waals surface area (Å²) in [4.78, 5) is 0. The zero-order valence-electron chi connectivity index (χ0n) is 10.9. The van der Waals surface area contributed by atoms with Gasteiger partial charge in [-0.2, -0.15) is 0 Å². The van der Waals surface area contributed by atoms with Crippen LogP contribution < -0.4 is 5.32 Å². The minimum atomic E-state index is -0.930. The summed E-state index contributed by atoms with van der Waals surface area (Å²) in [6.45, 7) is 0.111. The Morgan fingerprint density at radius 2 is 1.76 bits per heavy atom. The highest BCUT2D eigenvalue weighted by Gasteiger charge is 2.10. The molecule has 0 aliphatic carbocycles. The van der Waals surface area contributed by atoms with E-state index in [1.165, 1.54) is 12.1 Å². The van der Waals surface area contributed by atoms with E-state index in [0.717, 1.165) is 11.6 Å². The molecule has 0 saturated carbocycles. The van der Waals surface area contributed by atoms with E-state index in [4.69, 9.17) is 4.42 Å². The van der Waals surface area contributed by atoms with Crippen LogP contribution >= 0.6 is 0 Å². The quantitative estimate of drug-likeness (QED) is 0.796. The van der Waals surface area contributed by atoms with Crippen LogP contribution in [0.2, 0.25) is 0 Å². The van der Waals surface area contributed by atoms with Gasteiger partial charge in [0, 0.05) is 5.56 Å². The van der Waals surface area contributed by atoms with Gasteiger partial charge in [0.2, 0.25) is 11.8 Å². The first-order valence-corrected chi connectivity index (χ1v) is 6.30.